The van der Waals surface area contributed by atoms with Crippen LogP contribution in [-0.2, 0) is 42.8 Å². The molecule has 83 heavy (non-hydrogen) atoms. The second-order valence-electron chi connectivity index (χ2n) is 22.9. The number of ether oxygens (including phenoxy) is 6. The zero-order valence-corrected chi connectivity index (χ0v) is 50.3. The monoisotopic (exact) mass is 1200 g/mol. The molecule has 2 unspecified atom stereocenters. The normalized spacial score (nSPS) is 29.9. The van der Waals surface area contributed by atoms with Crippen molar-refractivity contribution in [2.24, 2.45) is 0 Å². The number of aliphatic hydroxyl groups excluding tert-OH is 11. The Kier molecular flexibility index (Phi) is 39.8. The van der Waals surface area contributed by atoms with Crippen LogP contribution >= 0.6 is 0 Å². The number of amides is 2. The molecule has 0 aromatic carbocycles. The number of carbonyl (C=O) groups excluding carboxylic acids is 3. The van der Waals surface area contributed by atoms with Gasteiger partial charge < -0.3 is 111 Å². The second kappa shape index (κ2) is 43.1. The lowest BCUT2D eigenvalue weighted by Crippen LogP contribution is -2.72. The smallest absolute Gasteiger partial charge is 0.220 e. The summed E-state index contributed by atoms with van der Waals surface area (Å²) in [5.41, 5.74) is 0. The Morgan fingerprint density at radius 1 is 0.651 bits per heavy atom. The van der Waals surface area contributed by atoms with Crippen LogP contribution in [0.25, 0.3) is 0 Å². The summed E-state index contributed by atoms with van der Waals surface area (Å²) in [4.78, 5) is 38.2. The van der Waals surface area contributed by atoms with E-state index in [1.165, 1.54) is 116 Å². The van der Waals surface area contributed by atoms with Gasteiger partial charge in [-0.1, -0.05) is 180 Å². The van der Waals surface area contributed by atoms with E-state index in [0.717, 1.165) is 51.9 Å². The largest absolute Gasteiger partial charge is 0.544 e. The molecule has 0 saturated carbocycles. The van der Waals surface area contributed by atoms with Gasteiger partial charge in [-0.2, -0.15) is 0 Å². The lowest BCUT2D eigenvalue weighted by molar-refractivity contribution is -0.411. The summed E-state index contributed by atoms with van der Waals surface area (Å²) in [6.07, 6.45) is 5.17. The van der Waals surface area contributed by atoms with Crippen molar-refractivity contribution in [3.05, 3.63) is 12.2 Å². The molecule has 0 aliphatic carbocycles. The lowest BCUT2D eigenvalue weighted by Gasteiger charge is -2.52. The number of carbonyl (C=O) groups is 3. The lowest BCUT2D eigenvalue weighted by atomic mass is 9.88. The summed E-state index contributed by atoms with van der Waals surface area (Å²) in [6, 6.07) is -2.64. The maximum Gasteiger partial charge on any atom is 0.220 e. The Morgan fingerprint density at radius 3 is 1.63 bits per heavy atom. The SMILES string of the molecule is CCCCCCCCCCCCC/C=C/[C@@H](O)[C@H](CO[C@@H]1O[C@H](CO)[C@@H](O[C@@H]2O[C@H](CO)[C@H](O)[C@H](O[C@]3(C(=O)[O-])C[C@H](O)C(NC(C)=O)C([C@H](O)[C@H](O)CO)O3)[C@H]2O)[C@H](O)[C@H]1O)NC(=O)CCCCCCCCCCCCCCCCC.[NH4+]. The zero-order valence-electron chi connectivity index (χ0n) is 50.3. The molecule has 0 radical (unpaired) electrons. The van der Waals surface area contributed by atoms with Crippen molar-refractivity contribution in [1.82, 2.24) is 16.8 Å². The molecule has 3 rings (SSSR count). The quantitative estimate of drug-likeness (QED) is 0.0307. The predicted molar refractivity (Wildman–Crippen MR) is 305 cm³/mol. The zero-order chi connectivity index (χ0) is 60.5. The van der Waals surface area contributed by atoms with Gasteiger partial charge in [0.2, 0.25) is 17.6 Å². The first kappa shape index (κ1) is 76.5. The van der Waals surface area contributed by atoms with Gasteiger partial charge in [0.05, 0.1) is 50.7 Å². The van der Waals surface area contributed by atoms with E-state index in [2.05, 4.69) is 24.5 Å². The van der Waals surface area contributed by atoms with Gasteiger partial charge in [-0.05, 0) is 19.3 Å². The molecule has 0 aromatic rings. The maximum atomic E-state index is 13.4. The van der Waals surface area contributed by atoms with Crippen molar-refractivity contribution in [3.63, 3.8) is 0 Å². The van der Waals surface area contributed by atoms with Crippen molar-refractivity contribution < 1.29 is 104 Å². The number of rotatable bonds is 45. The third-order valence-electron chi connectivity index (χ3n) is 15.9. The predicted octanol–water partition coefficient (Wildman–Crippen LogP) is 2.21. The summed E-state index contributed by atoms with van der Waals surface area (Å²) in [6.45, 7) is 2.04. The van der Waals surface area contributed by atoms with Crippen molar-refractivity contribution in [1.29, 1.82) is 0 Å². The van der Waals surface area contributed by atoms with E-state index >= 15 is 0 Å². The van der Waals surface area contributed by atoms with Gasteiger partial charge in [-0.3, -0.25) is 9.59 Å². The number of hydrogen-bond acceptors (Lipinski definition) is 21. The Balaban J connectivity index is 0.0000235. The molecule has 3 fully saturated rings. The number of allylic oxidation sites excluding steroid dienone is 1. The number of aliphatic carboxylic acids is 1. The van der Waals surface area contributed by atoms with Gasteiger partial charge in [0.15, 0.2) is 12.6 Å². The topological polar surface area (TPSA) is 413 Å². The Hall–Kier alpha value is -2.57. The van der Waals surface area contributed by atoms with Crippen LogP contribution in [0.4, 0.5) is 0 Å². The van der Waals surface area contributed by atoms with Crippen LogP contribution in [0.1, 0.15) is 207 Å². The summed E-state index contributed by atoms with van der Waals surface area (Å²) in [7, 11) is 0. The van der Waals surface area contributed by atoms with Gasteiger partial charge in [-0.15, -0.1) is 0 Å². The molecule has 24 nitrogen and oxygen atoms in total. The minimum absolute atomic E-state index is 0. The average molecular weight is 1200 g/mol. The maximum absolute atomic E-state index is 13.4. The van der Waals surface area contributed by atoms with E-state index in [1.54, 1.807) is 6.08 Å². The van der Waals surface area contributed by atoms with Gasteiger partial charge in [0, 0.05) is 19.8 Å². The first-order valence-electron chi connectivity index (χ1n) is 31.0. The van der Waals surface area contributed by atoms with Crippen molar-refractivity contribution in [3.8, 4) is 0 Å². The number of aliphatic hydroxyl groups is 11. The molecule has 0 spiro atoms. The van der Waals surface area contributed by atoms with E-state index in [4.69, 9.17) is 28.4 Å². The molecule has 17 N–H and O–H groups in total. The second-order valence-corrected chi connectivity index (χ2v) is 22.9. The standard InChI is InChI=1S/C59H108N2O21.H3N/c1-4-6-8-10-12-14-16-18-19-21-23-25-27-29-31-33-46(69)61-40(41(66)32-30-28-26-24-22-20-17-15-13-11-9-7-5-2)38-77-56-51(73)50(72)53(45(37-64)79-56)80-57-52(74)55(49(71)44(36-63)78-57)82-59(58(75)76)34-42(67)47(60-39(3)65)54(81-59)48(70)43(68)35-62;/h30,32,40-45,47-57,62-64,66-68,70-74H,4-29,31,33-38H2,1-3H3,(H,60,65)(H,61,69)(H,75,76);1H3/b32-30+;/t40-,41+,42-,43+,44+,45+,47?,48+,49-,50+,51+,52+,53+,54?,55-,56+,57-,59-;/m0./s1. The van der Waals surface area contributed by atoms with E-state index in [0.29, 0.717) is 12.8 Å². The molecule has 3 saturated heterocycles. The van der Waals surface area contributed by atoms with Crippen LogP contribution in [0.5, 0.6) is 0 Å². The fourth-order valence-electron chi connectivity index (χ4n) is 10.9. The number of quaternary nitrogens is 1. The molecule has 0 bridgehead atoms. The van der Waals surface area contributed by atoms with Crippen LogP contribution in [-0.4, -0.2) is 210 Å². The molecule has 18 atom stereocenters. The van der Waals surface area contributed by atoms with E-state index < -0.39 is 155 Å². The number of carboxylic acids is 1. The number of nitrogens with one attached hydrogen (secondary N) is 2. The molecule has 24 heteroatoms. The van der Waals surface area contributed by atoms with E-state index in [-0.39, 0.29) is 18.5 Å². The van der Waals surface area contributed by atoms with Gasteiger partial charge in [0.25, 0.3) is 0 Å². The highest BCUT2D eigenvalue weighted by Crippen LogP contribution is 2.38. The van der Waals surface area contributed by atoms with Crippen LogP contribution in [0.3, 0.4) is 0 Å². The third kappa shape index (κ3) is 26.7. The number of unbranched alkanes of at least 4 members (excludes halogenated alkanes) is 25. The Morgan fingerprint density at radius 2 is 1.14 bits per heavy atom. The summed E-state index contributed by atoms with van der Waals surface area (Å²) >= 11 is 0. The summed E-state index contributed by atoms with van der Waals surface area (Å²) < 4.78 is 34.5. The van der Waals surface area contributed by atoms with Crippen molar-refractivity contribution in [2.75, 3.05) is 26.4 Å². The fourth-order valence-corrected chi connectivity index (χ4v) is 10.9. The molecular formula is C59H111N3O21. The Labute approximate surface area is 492 Å². The fraction of sp³-hybridized carbons (Fsp3) is 0.915. The molecule has 0 aromatic heterocycles. The minimum Gasteiger partial charge on any atom is -0.544 e. The minimum atomic E-state index is -3.19. The molecule has 3 heterocycles. The van der Waals surface area contributed by atoms with Crippen molar-refractivity contribution in [2.45, 2.75) is 317 Å². The third-order valence-corrected chi connectivity index (χ3v) is 15.9. The van der Waals surface area contributed by atoms with Gasteiger partial charge >= 0.3 is 0 Å². The van der Waals surface area contributed by atoms with Crippen LogP contribution in [0.15, 0.2) is 12.2 Å². The average Bonchev–Trinajstić information content (AvgIpc) is 3.65. The van der Waals surface area contributed by atoms with E-state index in [9.17, 15) is 75.7 Å². The molecule has 488 valence electrons. The molecule has 3 aliphatic heterocycles. The molecule has 2 amide bonds. The molecular weight excluding hydrogens is 1090 g/mol. The Bertz CT molecular complexity index is 1740. The first-order chi connectivity index (χ1) is 39.4. The highest BCUT2D eigenvalue weighted by atomic mass is 16.8. The molecule has 3 aliphatic rings. The number of carboxylic acid groups (broad SMARTS) is 1. The highest BCUT2D eigenvalue weighted by molar-refractivity contribution is 5.76. The first-order valence-corrected chi connectivity index (χ1v) is 31.0. The van der Waals surface area contributed by atoms with Crippen LogP contribution < -0.4 is 21.9 Å². The van der Waals surface area contributed by atoms with Crippen molar-refractivity contribution >= 4 is 17.8 Å². The van der Waals surface area contributed by atoms with Crippen LogP contribution in [0.2, 0.25) is 0 Å². The van der Waals surface area contributed by atoms with E-state index in [1.807, 2.05) is 6.08 Å². The van der Waals surface area contributed by atoms with Gasteiger partial charge in [-0.25, -0.2) is 0 Å². The summed E-state index contributed by atoms with van der Waals surface area (Å²) in [5, 5.41) is 138. The van der Waals surface area contributed by atoms with Crippen LogP contribution in [0, 0.1) is 0 Å². The summed E-state index contributed by atoms with van der Waals surface area (Å²) in [5.74, 6) is -6.52. The highest BCUT2D eigenvalue weighted by Gasteiger charge is 2.58. The number of hydrogen-bond donors (Lipinski definition) is 14. The van der Waals surface area contributed by atoms with Gasteiger partial charge in [0.1, 0.15) is 73.1 Å².